The molecule has 0 aliphatic rings. The van der Waals surface area contributed by atoms with E-state index in [1.165, 1.54) is 5.56 Å². The van der Waals surface area contributed by atoms with Crippen LogP contribution in [-0.4, -0.2) is 58.3 Å². The molecule has 3 rings (SSSR count). The molecule has 0 aliphatic heterocycles. The van der Waals surface area contributed by atoms with Crippen LogP contribution < -0.4 is 14.8 Å². The lowest BCUT2D eigenvalue weighted by Gasteiger charge is -2.24. The van der Waals surface area contributed by atoms with Crippen LogP contribution in [0.2, 0.25) is 0 Å². The summed E-state index contributed by atoms with van der Waals surface area (Å²) < 4.78 is 16.9. The number of nitrogens with one attached hydrogen (secondary N) is 1. The average molecular weight is 387 g/mol. The second kappa shape index (κ2) is 8.43. The number of anilines is 1. The molecule has 0 radical (unpaired) electrons. The van der Waals surface area contributed by atoms with Crippen molar-refractivity contribution in [2.75, 3.05) is 39.8 Å². The largest absolute Gasteiger partial charge is 0.477 e. The Kier molecular flexibility index (Phi) is 5.99. The minimum Gasteiger partial charge on any atom is -0.477 e. The van der Waals surface area contributed by atoms with Gasteiger partial charge in [0.05, 0.1) is 18.1 Å². The van der Waals surface area contributed by atoms with Gasteiger partial charge in [-0.05, 0) is 38.2 Å². The molecular formula is C20H30N6O2. The molecule has 0 bridgehead atoms. The summed E-state index contributed by atoms with van der Waals surface area (Å²) in [5.74, 6) is 2.17. The number of fused-ring (bicyclic) bond motifs is 1. The molecule has 3 aromatic rings. The van der Waals surface area contributed by atoms with E-state index in [0.717, 1.165) is 29.9 Å². The van der Waals surface area contributed by atoms with E-state index in [0.29, 0.717) is 18.5 Å². The summed E-state index contributed by atoms with van der Waals surface area (Å²) in [4.78, 5) is 6.84. The van der Waals surface area contributed by atoms with Gasteiger partial charge in [-0.25, -0.2) is 4.98 Å². The molecule has 1 N–H and O–H groups in total. The molecule has 2 heterocycles. The highest BCUT2D eigenvalue weighted by molar-refractivity contribution is 5.81. The quantitative estimate of drug-likeness (QED) is 0.573. The predicted molar refractivity (Wildman–Crippen MR) is 113 cm³/mol. The fourth-order valence-electron chi connectivity index (χ4n) is 3.07. The number of ether oxygens (including phenoxy) is 2. The summed E-state index contributed by atoms with van der Waals surface area (Å²) in [5, 5.41) is 3.24. The summed E-state index contributed by atoms with van der Waals surface area (Å²) in [6.07, 6.45) is 5.40. The van der Waals surface area contributed by atoms with Crippen molar-refractivity contribution in [3.8, 4) is 11.8 Å². The molecule has 0 saturated carbocycles. The second-order valence-electron chi connectivity index (χ2n) is 7.06. The van der Waals surface area contributed by atoms with E-state index in [4.69, 9.17) is 9.47 Å². The van der Waals surface area contributed by atoms with Gasteiger partial charge in [0.15, 0.2) is 6.73 Å². The van der Waals surface area contributed by atoms with Crippen LogP contribution in [0, 0.1) is 0 Å². The fourth-order valence-corrected chi connectivity index (χ4v) is 3.07. The van der Waals surface area contributed by atoms with E-state index in [2.05, 4.69) is 53.6 Å². The molecular weight excluding hydrogens is 356 g/mol. The van der Waals surface area contributed by atoms with Crippen LogP contribution in [0.5, 0.6) is 11.8 Å². The second-order valence-corrected chi connectivity index (χ2v) is 7.06. The molecule has 0 atom stereocenters. The van der Waals surface area contributed by atoms with E-state index in [1.807, 2.05) is 41.1 Å². The Morgan fingerprint density at radius 1 is 1.14 bits per heavy atom. The minimum atomic E-state index is 0.300. The van der Waals surface area contributed by atoms with Crippen molar-refractivity contribution in [1.82, 2.24) is 23.8 Å². The number of hydrogen-bond acceptors (Lipinski definition) is 5. The van der Waals surface area contributed by atoms with Crippen molar-refractivity contribution < 1.29 is 9.47 Å². The molecule has 1 aromatic carbocycles. The summed E-state index contributed by atoms with van der Waals surface area (Å²) in [6, 6.07) is 6.30. The molecule has 0 saturated heterocycles. The maximum Gasteiger partial charge on any atom is 0.274 e. The van der Waals surface area contributed by atoms with Gasteiger partial charge in [0.2, 0.25) is 5.95 Å². The summed E-state index contributed by atoms with van der Waals surface area (Å²) in [7, 11) is 11.6. The molecule has 0 fully saturated rings. The zero-order valence-corrected chi connectivity index (χ0v) is 17.6. The summed E-state index contributed by atoms with van der Waals surface area (Å²) in [6.45, 7) is 1.35. The van der Waals surface area contributed by atoms with Crippen molar-refractivity contribution in [1.29, 1.82) is 0 Å². The number of methoxy groups -OCH3 is 1. The Bertz CT molecular complexity index is 963. The highest BCUT2D eigenvalue weighted by Gasteiger charge is 2.18. The van der Waals surface area contributed by atoms with Gasteiger partial charge in [-0.2, -0.15) is 0 Å². The molecule has 0 spiro atoms. The topological polar surface area (TPSA) is 61.4 Å². The molecule has 2 aromatic heterocycles. The first kappa shape index (κ1) is 19.9. The van der Waals surface area contributed by atoms with Gasteiger partial charge in [0.1, 0.15) is 0 Å². The Labute approximate surface area is 165 Å². The van der Waals surface area contributed by atoms with Crippen LogP contribution in [0.3, 0.4) is 0 Å². The molecule has 0 unspecified atom stereocenters. The van der Waals surface area contributed by atoms with Crippen LogP contribution in [0.1, 0.15) is 12.0 Å². The van der Waals surface area contributed by atoms with Crippen molar-refractivity contribution in [3.63, 3.8) is 0 Å². The summed E-state index contributed by atoms with van der Waals surface area (Å²) in [5.41, 5.74) is 3.20. The van der Waals surface area contributed by atoms with Gasteiger partial charge < -0.3 is 24.3 Å². The highest BCUT2D eigenvalue weighted by Crippen LogP contribution is 2.30. The number of rotatable bonds is 9. The normalized spacial score (nSPS) is 11.8. The third kappa shape index (κ3) is 4.01. The van der Waals surface area contributed by atoms with Crippen molar-refractivity contribution in [3.05, 3.63) is 29.8 Å². The highest BCUT2D eigenvalue weighted by atomic mass is 16.5. The minimum absolute atomic E-state index is 0.300. The van der Waals surface area contributed by atoms with Crippen LogP contribution >= 0.6 is 0 Å². The van der Waals surface area contributed by atoms with E-state index < -0.39 is 0 Å². The lowest BCUT2D eigenvalue weighted by atomic mass is 10.1. The van der Waals surface area contributed by atoms with Gasteiger partial charge in [0.25, 0.3) is 11.8 Å². The lowest BCUT2D eigenvalue weighted by Crippen LogP contribution is -2.24. The third-order valence-corrected chi connectivity index (χ3v) is 4.81. The molecule has 28 heavy (non-hydrogen) atoms. The van der Waals surface area contributed by atoms with Gasteiger partial charge in [-0.15, -0.1) is 0 Å². The number of aromatic nitrogens is 4. The van der Waals surface area contributed by atoms with Crippen LogP contribution in [0.15, 0.2) is 24.3 Å². The van der Waals surface area contributed by atoms with Crippen LogP contribution in [-0.2, 0) is 21.1 Å². The third-order valence-electron chi connectivity index (χ3n) is 4.81. The molecule has 8 heteroatoms. The lowest BCUT2D eigenvalue weighted by molar-refractivity contribution is 0.217. The Morgan fingerprint density at radius 3 is 2.61 bits per heavy atom. The van der Waals surface area contributed by atoms with Crippen molar-refractivity contribution in [2.24, 2.45) is 21.1 Å². The molecule has 8 nitrogen and oxygen atoms in total. The first-order valence-electron chi connectivity index (χ1n) is 9.32. The summed E-state index contributed by atoms with van der Waals surface area (Å²) >= 11 is 0. The monoisotopic (exact) mass is 386 g/mol. The van der Waals surface area contributed by atoms with E-state index in [9.17, 15) is 0 Å². The van der Waals surface area contributed by atoms with Crippen LogP contribution in [0.25, 0.3) is 17.1 Å². The number of benzene rings is 1. The van der Waals surface area contributed by atoms with Crippen LogP contribution in [0.4, 0.5) is 5.95 Å². The predicted octanol–water partition coefficient (Wildman–Crippen LogP) is 2.67. The fraction of sp³-hybridized carbons (Fsp3) is 0.450. The number of hydrogen-bond donors (Lipinski definition) is 1. The molecule has 0 amide bonds. The van der Waals surface area contributed by atoms with E-state index in [-0.39, 0.29) is 0 Å². The van der Waals surface area contributed by atoms with Gasteiger partial charge in [-0.3, -0.25) is 9.36 Å². The average Bonchev–Trinajstić information content (AvgIpc) is 2.99. The number of imidazole rings is 1. The number of nitrogens with zero attached hydrogens (tertiary/aromatic N) is 5. The van der Waals surface area contributed by atoms with E-state index in [1.54, 1.807) is 7.11 Å². The first-order chi connectivity index (χ1) is 13.4. The molecule has 152 valence electrons. The van der Waals surface area contributed by atoms with Gasteiger partial charge in [0, 0.05) is 27.7 Å². The van der Waals surface area contributed by atoms with Gasteiger partial charge >= 0.3 is 0 Å². The van der Waals surface area contributed by atoms with E-state index >= 15 is 0 Å². The van der Waals surface area contributed by atoms with Gasteiger partial charge in [-0.1, -0.05) is 18.2 Å². The smallest absolute Gasteiger partial charge is 0.274 e. The molecule has 0 aliphatic carbocycles. The SMILES string of the molecule is COc1c(OCNc2nc3ccc(/C=C/CCN(C)C)cc3n2C)n(C)n1C. The first-order valence-corrected chi connectivity index (χ1v) is 9.32. The zero-order valence-electron chi connectivity index (χ0n) is 17.6. The maximum atomic E-state index is 5.79. The Balaban J connectivity index is 1.66. The Hall–Kier alpha value is -2.87. The maximum absolute atomic E-state index is 5.79. The van der Waals surface area contributed by atoms with Crippen molar-refractivity contribution in [2.45, 2.75) is 6.42 Å². The Morgan fingerprint density at radius 2 is 1.89 bits per heavy atom. The standard InChI is InChI=1S/C20H30N6O2/c1-23(2)12-8-7-9-15-10-11-16-17(13-15)24(3)20(22-16)21-14-28-19-18(27-6)25(4)26(19)5/h7,9-11,13H,8,12,14H2,1-6H3,(H,21,22)/b9-7+. The number of aryl methyl sites for hydroxylation is 1. The van der Waals surface area contributed by atoms with Crippen molar-refractivity contribution >= 4 is 23.1 Å². The zero-order chi connectivity index (χ0) is 20.3.